The summed E-state index contributed by atoms with van der Waals surface area (Å²) >= 11 is 0. The second kappa shape index (κ2) is 6.45. The number of carbonyl (C=O) groups excluding carboxylic acids is 1. The van der Waals surface area contributed by atoms with Gasteiger partial charge in [-0.15, -0.1) is 0 Å². The number of carbonyl (C=O) groups is 1. The first-order valence-corrected chi connectivity index (χ1v) is 8.53. The number of hydrogen-bond acceptors (Lipinski definition) is 4. The second-order valence-electron chi connectivity index (χ2n) is 5.01. The summed E-state index contributed by atoms with van der Waals surface area (Å²) in [6.45, 7) is 1.46. The van der Waals surface area contributed by atoms with Crippen LogP contribution >= 0.6 is 0 Å². The highest BCUT2D eigenvalue weighted by Gasteiger charge is 2.18. The molecule has 0 unspecified atom stereocenters. The van der Waals surface area contributed by atoms with Crippen molar-refractivity contribution in [3.05, 3.63) is 65.2 Å². The third kappa shape index (κ3) is 4.13. The number of benzene rings is 2. The summed E-state index contributed by atoms with van der Waals surface area (Å²) in [4.78, 5) is 12.1. The van der Waals surface area contributed by atoms with Crippen molar-refractivity contribution in [3.63, 3.8) is 0 Å². The van der Waals surface area contributed by atoms with E-state index in [2.05, 4.69) is 0 Å². The number of sulfone groups is 1. The van der Waals surface area contributed by atoms with Gasteiger partial charge in [0.1, 0.15) is 17.7 Å². The Labute approximate surface area is 132 Å². The fraction of sp³-hybridized carbons (Fsp3) is 0.188. The van der Waals surface area contributed by atoms with Crippen LogP contribution < -0.4 is 0 Å². The van der Waals surface area contributed by atoms with Crippen LogP contribution in [-0.4, -0.2) is 20.6 Å². The molecule has 0 saturated carbocycles. The highest BCUT2D eigenvalue weighted by molar-refractivity contribution is 7.90. The SMILES string of the molecule is C[C@H](OC(=O)c1ccc(S(C)(=O)=O)cc1)c1ccc(F)cc1F. The van der Waals surface area contributed by atoms with Gasteiger partial charge in [-0.2, -0.15) is 0 Å². The predicted molar refractivity (Wildman–Crippen MR) is 79.7 cm³/mol. The van der Waals surface area contributed by atoms with Gasteiger partial charge in [0.15, 0.2) is 9.84 Å². The monoisotopic (exact) mass is 340 g/mol. The van der Waals surface area contributed by atoms with Crippen molar-refractivity contribution in [1.29, 1.82) is 0 Å². The van der Waals surface area contributed by atoms with E-state index in [1.54, 1.807) is 0 Å². The molecule has 0 radical (unpaired) electrons. The van der Waals surface area contributed by atoms with Gasteiger partial charge in [0.2, 0.25) is 0 Å². The highest BCUT2D eigenvalue weighted by Crippen LogP contribution is 2.22. The van der Waals surface area contributed by atoms with Crippen LogP contribution in [0.4, 0.5) is 8.78 Å². The Morgan fingerprint density at radius 1 is 1.09 bits per heavy atom. The van der Waals surface area contributed by atoms with E-state index in [1.165, 1.54) is 37.3 Å². The molecular weight excluding hydrogens is 326 g/mol. The van der Waals surface area contributed by atoms with Crippen molar-refractivity contribution in [2.24, 2.45) is 0 Å². The molecule has 4 nitrogen and oxygen atoms in total. The Hall–Kier alpha value is -2.28. The van der Waals surface area contributed by atoms with Gasteiger partial charge in [0.25, 0.3) is 0 Å². The number of halogens is 2. The summed E-state index contributed by atoms with van der Waals surface area (Å²) in [7, 11) is -3.36. The first kappa shape index (κ1) is 17.1. The van der Waals surface area contributed by atoms with E-state index in [0.717, 1.165) is 12.3 Å². The average Bonchev–Trinajstić information content (AvgIpc) is 2.46. The van der Waals surface area contributed by atoms with Crippen LogP contribution in [0.3, 0.4) is 0 Å². The van der Waals surface area contributed by atoms with Crippen LogP contribution in [0.15, 0.2) is 47.4 Å². The summed E-state index contributed by atoms with van der Waals surface area (Å²) in [6, 6.07) is 8.18. The fourth-order valence-corrected chi connectivity index (χ4v) is 2.59. The van der Waals surface area contributed by atoms with Crippen molar-refractivity contribution in [2.75, 3.05) is 6.26 Å². The largest absolute Gasteiger partial charge is 0.454 e. The van der Waals surface area contributed by atoms with Crippen molar-refractivity contribution >= 4 is 15.8 Å². The molecule has 0 bridgehead atoms. The van der Waals surface area contributed by atoms with Crippen LogP contribution in [-0.2, 0) is 14.6 Å². The topological polar surface area (TPSA) is 60.4 Å². The van der Waals surface area contributed by atoms with Crippen molar-refractivity contribution in [1.82, 2.24) is 0 Å². The molecule has 0 N–H and O–H groups in total. The van der Waals surface area contributed by atoms with Crippen molar-refractivity contribution in [3.8, 4) is 0 Å². The predicted octanol–water partition coefficient (Wildman–Crippen LogP) is 3.29. The Bertz CT molecular complexity index is 830. The molecule has 0 saturated heterocycles. The van der Waals surface area contributed by atoms with Gasteiger partial charge in [-0.05, 0) is 43.3 Å². The molecular formula is C16H14F2O4S. The first-order valence-electron chi connectivity index (χ1n) is 6.64. The van der Waals surface area contributed by atoms with Gasteiger partial charge in [0, 0.05) is 17.9 Å². The van der Waals surface area contributed by atoms with Crippen LogP contribution in [0.2, 0.25) is 0 Å². The van der Waals surface area contributed by atoms with E-state index in [1.807, 2.05) is 0 Å². The molecule has 122 valence electrons. The fourth-order valence-electron chi connectivity index (χ4n) is 1.96. The number of esters is 1. The van der Waals surface area contributed by atoms with Crippen LogP contribution in [0.25, 0.3) is 0 Å². The van der Waals surface area contributed by atoms with E-state index in [9.17, 15) is 22.0 Å². The highest BCUT2D eigenvalue weighted by atomic mass is 32.2. The molecule has 0 heterocycles. The minimum absolute atomic E-state index is 0.0486. The lowest BCUT2D eigenvalue weighted by molar-refractivity contribution is 0.0331. The molecule has 1 atom stereocenters. The molecule has 7 heteroatoms. The summed E-state index contributed by atoms with van der Waals surface area (Å²) < 4.78 is 54.3. The maximum atomic E-state index is 13.6. The molecule has 23 heavy (non-hydrogen) atoms. The van der Waals surface area contributed by atoms with E-state index in [0.29, 0.717) is 6.07 Å². The van der Waals surface area contributed by atoms with Gasteiger partial charge in [-0.3, -0.25) is 0 Å². The normalized spacial score (nSPS) is 12.7. The minimum Gasteiger partial charge on any atom is -0.454 e. The van der Waals surface area contributed by atoms with Gasteiger partial charge >= 0.3 is 5.97 Å². The zero-order valence-electron chi connectivity index (χ0n) is 12.4. The summed E-state index contributed by atoms with van der Waals surface area (Å²) in [5.74, 6) is -2.26. The third-order valence-electron chi connectivity index (χ3n) is 3.20. The van der Waals surface area contributed by atoms with E-state index < -0.39 is 33.5 Å². The van der Waals surface area contributed by atoms with Crippen molar-refractivity contribution in [2.45, 2.75) is 17.9 Å². The minimum atomic E-state index is -3.36. The van der Waals surface area contributed by atoms with Crippen molar-refractivity contribution < 1.29 is 26.7 Å². The smallest absolute Gasteiger partial charge is 0.338 e. The molecule has 2 rings (SSSR count). The van der Waals surface area contributed by atoms with E-state index in [4.69, 9.17) is 4.74 Å². The number of rotatable bonds is 4. The van der Waals surface area contributed by atoms with Crippen LogP contribution in [0.1, 0.15) is 28.9 Å². The zero-order chi connectivity index (χ0) is 17.2. The number of ether oxygens (including phenoxy) is 1. The third-order valence-corrected chi connectivity index (χ3v) is 4.33. The summed E-state index contributed by atoms with van der Waals surface area (Å²) in [6.07, 6.45) is 0.136. The summed E-state index contributed by atoms with van der Waals surface area (Å²) in [5.41, 5.74) is 0.180. The maximum Gasteiger partial charge on any atom is 0.338 e. The van der Waals surface area contributed by atoms with Gasteiger partial charge in [-0.1, -0.05) is 0 Å². The second-order valence-corrected chi connectivity index (χ2v) is 7.03. The summed E-state index contributed by atoms with van der Waals surface area (Å²) in [5, 5.41) is 0. The molecule has 0 aliphatic heterocycles. The molecule has 2 aromatic carbocycles. The van der Waals surface area contributed by atoms with Gasteiger partial charge in [-0.25, -0.2) is 22.0 Å². The Balaban J connectivity index is 2.15. The zero-order valence-corrected chi connectivity index (χ0v) is 13.2. The van der Waals surface area contributed by atoms with Gasteiger partial charge in [0.05, 0.1) is 10.5 Å². The van der Waals surface area contributed by atoms with Gasteiger partial charge < -0.3 is 4.74 Å². The van der Waals surface area contributed by atoms with E-state index >= 15 is 0 Å². The Kier molecular flexibility index (Phi) is 4.79. The standard InChI is InChI=1S/C16H14F2O4S/c1-10(14-8-5-12(17)9-15(14)18)22-16(19)11-3-6-13(7-4-11)23(2,20)21/h3-10H,1-2H3/t10-/m0/s1. The lowest BCUT2D eigenvalue weighted by atomic mass is 10.1. The molecule has 0 aliphatic rings. The maximum absolute atomic E-state index is 13.6. The first-order chi connectivity index (χ1) is 10.7. The Morgan fingerprint density at radius 3 is 2.22 bits per heavy atom. The average molecular weight is 340 g/mol. The quantitative estimate of drug-likeness (QED) is 0.802. The molecule has 2 aromatic rings. The van der Waals surface area contributed by atoms with E-state index in [-0.39, 0.29) is 16.0 Å². The lowest BCUT2D eigenvalue weighted by Gasteiger charge is -2.14. The molecule has 0 aliphatic carbocycles. The molecule has 0 amide bonds. The lowest BCUT2D eigenvalue weighted by Crippen LogP contribution is -2.11. The number of hydrogen-bond donors (Lipinski definition) is 0. The van der Waals surface area contributed by atoms with Crippen LogP contribution in [0.5, 0.6) is 0 Å². The molecule has 0 aromatic heterocycles. The molecule has 0 fully saturated rings. The Morgan fingerprint density at radius 2 is 1.70 bits per heavy atom. The molecule has 0 spiro atoms. The van der Waals surface area contributed by atoms with Crippen LogP contribution in [0, 0.1) is 11.6 Å².